The average Bonchev–Trinajstić information content (AvgIpc) is 3.52. The van der Waals surface area contributed by atoms with Crippen molar-refractivity contribution in [3.63, 3.8) is 0 Å². The maximum absolute atomic E-state index is 13.5. The Kier molecular flexibility index (Phi) is 7.25. The highest BCUT2D eigenvalue weighted by Crippen LogP contribution is 2.27. The van der Waals surface area contributed by atoms with Gasteiger partial charge in [-0.3, -0.25) is 9.59 Å². The number of aromatic nitrogens is 2. The molecule has 7 nitrogen and oxygen atoms in total. The molecule has 0 spiro atoms. The minimum Gasteiger partial charge on any atom is -0.352 e. The van der Waals surface area contributed by atoms with Crippen LogP contribution in [0.15, 0.2) is 42.0 Å². The number of rotatable bonds is 6. The Labute approximate surface area is 216 Å². The standard InChI is InChI=1S/C28H35N5O2S/c1-18-5-6-19(2)20(12-18)15-32-17-30-24-14-25(28(35)31-22-9-7-21(29)8-10-22)33(16-26(24)32)27(34)13-23-4-3-11-36-23/h3-6,11-12,17,21-22,25H,7-10,13-16,29H2,1-2H3,(H,31,35). The summed E-state index contributed by atoms with van der Waals surface area (Å²) in [5.74, 6) is -0.0990. The molecule has 0 saturated heterocycles. The fourth-order valence-electron chi connectivity index (χ4n) is 5.38. The van der Waals surface area contributed by atoms with Gasteiger partial charge in [-0.1, -0.05) is 29.8 Å². The zero-order valence-corrected chi connectivity index (χ0v) is 21.9. The molecule has 2 aliphatic rings. The van der Waals surface area contributed by atoms with Crippen molar-refractivity contribution in [2.45, 2.75) is 83.6 Å². The number of nitrogens with two attached hydrogens (primary N) is 1. The monoisotopic (exact) mass is 505 g/mol. The van der Waals surface area contributed by atoms with Gasteiger partial charge in [0, 0.05) is 29.9 Å². The summed E-state index contributed by atoms with van der Waals surface area (Å²) in [7, 11) is 0. The van der Waals surface area contributed by atoms with Crippen molar-refractivity contribution in [1.82, 2.24) is 19.8 Å². The van der Waals surface area contributed by atoms with Gasteiger partial charge in [0.2, 0.25) is 11.8 Å². The predicted molar refractivity (Wildman–Crippen MR) is 142 cm³/mol. The number of carbonyl (C=O) groups excluding carboxylic acids is 2. The summed E-state index contributed by atoms with van der Waals surface area (Å²) in [5, 5.41) is 5.20. The van der Waals surface area contributed by atoms with Gasteiger partial charge in [-0.05, 0) is 62.1 Å². The molecule has 5 rings (SSSR count). The van der Waals surface area contributed by atoms with Crippen LogP contribution in [0.3, 0.4) is 0 Å². The van der Waals surface area contributed by atoms with Crippen LogP contribution in [0.5, 0.6) is 0 Å². The number of hydrogen-bond donors (Lipinski definition) is 2. The number of fused-ring (bicyclic) bond motifs is 1. The summed E-state index contributed by atoms with van der Waals surface area (Å²) < 4.78 is 2.14. The van der Waals surface area contributed by atoms with Crippen molar-refractivity contribution >= 4 is 23.2 Å². The van der Waals surface area contributed by atoms with E-state index >= 15 is 0 Å². The topological polar surface area (TPSA) is 93.2 Å². The van der Waals surface area contributed by atoms with Crippen molar-refractivity contribution < 1.29 is 9.59 Å². The maximum Gasteiger partial charge on any atom is 0.243 e. The molecule has 8 heteroatoms. The normalized spacial score (nSPS) is 21.8. The van der Waals surface area contributed by atoms with Gasteiger partial charge < -0.3 is 20.5 Å². The fraction of sp³-hybridized carbons (Fsp3) is 0.464. The number of aryl methyl sites for hydroxylation is 2. The van der Waals surface area contributed by atoms with Crippen molar-refractivity contribution in [2.24, 2.45) is 5.73 Å². The molecule has 2 aromatic heterocycles. The highest BCUT2D eigenvalue weighted by molar-refractivity contribution is 7.10. The molecule has 1 fully saturated rings. The molecule has 1 saturated carbocycles. The number of nitrogens with zero attached hydrogens (tertiary/aromatic N) is 3. The van der Waals surface area contributed by atoms with Gasteiger partial charge in [0.1, 0.15) is 6.04 Å². The average molecular weight is 506 g/mol. The van der Waals surface area contributed by atoms with Crippen LogP contribution in [0.2, 0.25) is 0 Å². The summed E-state index contributed by atoms with van der Waals surface area (Å²) >= 11 is 1.57. The minimum atomic E-state index is -0.551. The van der Waals surface area contributed by atoms with Gasteiger partial charge in [-0.15, -0.1) is 11.3 Å². The fourth-order valence-corrected chi connectivity index (χ4v) is 6.07. The van der Waals surface area contributed by atoms with Crippen LogP contribution in [0.25, 0.3) is 0 Å². The molecule has 2 amide bonds. The first kappa shape index (κ1) is 24.7. The van der Waals surface area contributed by atoms with Crippen LogP contribution in [-0.2, 0) is 35.5 Å². The van der Waals surface area contributed by atoms with Crippen LogP contribution in [0.4, 0.5) is 0 Å². The van der Waals surface area contributed by atoms with E-state index in [0.29, 0.717) is 25.9 Å². The Balaban J connectivity index is 1.39. The minimum absolute atomic E-state index is 0.0200. The van der Waals surface area contributed by atoms with E-state index in [-0.39, 0.29) is 23.9 Å². The largest absolute Gasteiger partial charge is 0.352 e. The Morgan fingerprint density at radius 2 is 1.97 bits per heavy atom. The van der Waals surface area contributed by atoms with Gasteiger partial charge in [-0.2, -0.15) is 0 Å². The van der Waals surface area contributed by atoms with Gasteiger partial charge in [0.15, 0.2) is 0 Å². The van der Waals surface area contributed by atoms with Gasteiger partial charge in [0.05, 0.1) is 30.7 Å². The van der Waals surface area contributed by atoms with Gasteiger partial charge in [0.25, 0.3) is 0 Å². The van der Waals surface area contributed by atoms with E-state index in [1.54, 1.807) is 16.2 Å². The molecular formula is C28H35N5O2S. The van der Waals surface area contributed by atoms with Crippen LogP contribution in [0.1, 0.15) is 58.6 Å². The van der Waals surface area contributed by atoms with Crippen molar-refractivity contribution in [3.8, 4) is 0 Å². The number of imidazole rings is 1. The van der Waals surface area contributed by atoms with E-state index in [2.05, 4.69) is 41.9 Å². The summed E-state index contributed by atoms with van der Waals surface area (Å²) in [4.78, 5) is 34.5. The molecule has 1 atom stereocenters. The Hall–Kier alpha value is -2.97. The number of carbonyl (C=O) groups is 2. The first-order valence-electron chi connectivity index (χ1n) is 12.8. The maximum atomic E-state index is 13.5. The number of thiophene rings is 1. The third kappa shape index (κ3) is 5.39. The highest BCUT2D eigenvalue weighted by atomic mass is 32.1. The molecule has 36 heavy (non-hydrogen) atoms. The van der Waals surface area contributed by atoms with Crippen LogP contribution in [-0.4, -0.2) is 44.4 Å². The van der Waals surface area contributed by atoms with Crippen LogP contribution >= 0.6 is 11.3 Å². The smallest absolute Gasteiger partial charge is 0.243 e. The number of amides is 2. The highest BCUT2D eigenvalue weighted by Gasteiger charge is 2.38. The van der Waals surface area contributed by atoms with E-state index < -0.39 is 6.04 Å². The molecule has 3 N–H and O–H groups in total. The van der Waals surface area contributed by atoms with Gasteiger partial charge in [-0.25, -0.2) is 4.98 Å². The SMILES string of the molecule is Cc1ccc(C)c(Cn2cnc3c2CN(C(=O)Cc2cccs2)C(C(=O)NC2CCC(N)CC2)C3)c1. The molecule has 1 aliphatic carbocycles. The first-order chi connectivity index (χ1) is 17.4. The van der Waals surface area contributed by atoms with E-state index in [0.717, 1.165) is 41.9 Å². The molecule has 1 aliphatic heterocycles. The number of nitrogens with one attached hydrogen (secondary N) is 1. The third-order valence-electron chi connectivity index (χ3n) is 7.61. The quantitative estimate of drug-likeness (QED) is 0.536. The zero-order valence-electron chi connectivity index (χ0n) is 21.1. The van der Waals surface area contributed by atoms with Gasteiger partial charge >= 0.3 is 0 Å². The lowest BCUT2D eigenvalue weighted by Gasteiger charge is -2.36. The molecule has 3 aromatic rings. The molecule has 1 aromatic carbocycles. The second-order valence-electron chi connectivity index (χ2n) is 10.3. The Morgan fingerprint density at radius 3 is 2.72 bits per heavy atom. The lowest BCUT2D eigenvalue weighted by molar-refractivity contribution is -0.141. The molecule has 1 unspecified atom stereocenters. The van der Waals surface area contributed by atoms with E-state index in [1.165, 1.54) is 16.7 Å². The van der Waals surface area contributed by atoms with E-state index in [9.17, 15) is 9.59 Å². The lowest BCUT2D eigenvalue weighted by atomic mass is 9.91. The van der Waals surface area contributed by atoms with Crippen LogP contribution < -0.4 is 11.1 Å². The summed E-state index contributed by atoms with van der Waals surface area (Å²) in [5.41, 5.74) is 11.7. The van der Waals surface area contributed by atoms with E-state index in [4.69, 9.17) is 10.7 Å². The lowest BCUT2D eigenvalue weighted by Crippen LogP contribution is -2.55. The van der Waals surface area contributed by atoms with Crippen molar-refractivity contribution in [1.29, 1.82) is 0 Å². The number of hydrogen-bond acceptors (Lipinski definition) is 5. The molecule has 0 bridgehead atoms. The molecule has 3 heterocycles. The second-order valence-corrected chi connectivity index (χ2v) is 11.3. The summed E-state index contributed by atoms with van der Waals surface area (Å²) in [6, 6.07) is 10.2. The molecular weight excluding hydrogens is 470 g/mol. The zero-order chi connectivity index (χ0) is 25.2. The number of benzene rings is 1. The summed E-state index contributed by atoms with van der Waals surface area (Å²) in [6.07, 6.45) is 6.21. The van der Waals surface area contributed by atoms with Crippen molar-refractivity contribution in [3.05, 3.63) is 75.0 Å². The molecule has 0 radical (unpaired) electrons. The van der Waals surface area contributed by atoms with E-state index in [1.807, 2.05) is 23.8 Å². The second kappa shape index (κ2) is 10.6. The Morgan fingerprint density at radius 1 is 1.17 bits per heavy atom. The Bertz CT molecular complexity index is 1230. The predicted octanol–water partition coefficient (Wildman–Crippen LogP) is 3.49. The summed E-state index contributed by atoms with van der Waals surface area (Å²) in [6.45, 7) is 5.30. The van der Waals surface area contributed by atoms with Crippen LogP contribution in [0, 0.1) is 13.8 Å². The first-order valence-corrected chi connectivity index (χ1v) is 13.7. The molecule has 190 valence electrons. The third-order valence-corrected chi connectivity index (χ3v) is 8.48. The van der Waals surface area contributed by atoms with Crippen molar-refractivity contribution in [2.75, 3.05) is 0 Å².